The van der Waals surface area contributed by atoms with Gasteiger partial charge in [0.05, 0.1) is 11.0 Å². The van der Waals surface area contributed by atoms with Gasteiger partial charge in [-0.05, 0) is 37.3 Å². The van der Waals surface area contributed by atoms with Crippen molar-refractivity contribution in [3.8, 4) is 0 Å². The van der Waals surface area contributed by atoms with Gasteiger partial charge in [0.15, 0.2) is 0 Å². The van der Waals surface area contributed by atoms with Crippen LogP contribution in [0.3, 0.4) is 0 Å². The molecule has 5 heteroatoms. The molecule has 1 aromatic heterocycles. The Kier molecular flexibility index (Phi) is 4.11. The molecule has 1 heterocycles. The number of hydrogen-bond acceptors (Lipinski definition) is 2. The van der Waals surface area contributed by atoms with Crippen LogP contribution >= 0.6 is 11.6 Å². The van der Waals surface area contributed by atoms with Crippen molar-refractivity contribution in [1.82, 2.24) is 14.9 Å². The van der Waals surface area contributed by atoms with E-state index in [1.54, 1.807) is 24.3 Å². The first-order valence-electron chi connectivity index (χ1n) is 7.11. The van der Waals surface area contributed by atoms with E-state index in [1.807, 2.05) is 31.2 Å². The second-order valence-electron chi connectivity index (χ2n) is 5.07. The number of para-hydroxylation sites is 2. The summed E-state index contributed by atoms with van der Waals surface area (Å²) in [5.74, 6) is 0.822. The highest BCUT2D eigenvalue weighted by atomic mass is 35.5. The smallest absolute Gasteiger partial charge is 0.251 e. The standard InChI is InChI=1S/C17H16ClN3O/c1-12-20-15-7-2-3-8-16(15)21(12)10-9-19-17(22)13-5-4-6-14(18)11-13/h2-8,11H,9-10H2,1H3,(H,19,22). The van der Waals surface area contributed by atoms with Crippen LogP contribution in [0.2, 0.25) is 5.02 Å². The van der Waals surface area contributed by atoms with E-state index in [2.05, 4.69) is 14.9 Å². The molecule has 0 aliphatic rings. The minimum atomic E-state index is -0.121. The van der Waals surface area contributed by atoms with Crippen molar-refractivity contribution < 1.29 is 4.79 Å². The highest BCUT2D eigenvalue weighted by Crippen LogP contribution is 2.15. The molecule has 1 amide bonds. The summed E-state index contributed by atoms with van der Waals surface area (Å²) in [6.45, 7) is 3.18. The molecule has 0 fully saturated rings. The number of halogens is 1. The first-order chi connectivity index (χ1) is 10.6. The molecule has 0 aliphatic carbocycles. The molecule has 1 N–H and O–H groups in total. The maximum absolute atomic E-state index is 12.1. The average Bonchev–Trinajstić information content (AvgIpc) is 2.83. The third kappa shape index (κ3) is 2.97. The van der Waals surface area contributed by atoms with Crippen molar-refractivity contribution in [3.05, 3.63) is 64.9 Å². The predicted octanol–water partition coefficient (Wildman–Crippen LogP) is 3.43. The van der Waals surface area contributed by atoms with Gasteiger partial charge in [-0.25, -0.2) is 4.98 Å². The Morgan fingerprint density at radius 1 is 1.23 bits per heavy atom. The molecule has 22 heavy (non-hydrogen) atoms. The van der Waals surface area contributed by atoms with Gasteiger partial charge in [-0.15, -0.1) is 0 Å². The number of nitrogens with one attached hydrogen (secondary N) is 1. The summed E-state index contributed by atoms with van der Waals surface area (Å²) in [5.41, 5.74) is 2.62. The van der Waals surface area contributed by atoms with Gasteiger partial charge in [-0.3, -0.25) is 4.79 Å². The van der Waals surface area contributed by atoms with Crippen molar-refractivity contribution in [2.24, 2.45) is 0 Å². The van der Waals surface area contributed by atoms with Crippen LogP contribution < -0.4 is 5.32 Å². The highest BCUT2D eigenvalue weighted by molar-refractivity contribution is 6.30. The van der Waals surface area contributed by atoms with Crippen LogP contribution in [0.4, 0.5) is 0 Å². The number of carbonyl (C=O) groups is 1. The van der Waals surface area contributed by atoms with Crippen molar-refractivity contribution in [2.75, 3.05) is 6.54 Å². The van der Waals surface area contributed by atoms with E-state index in [0.29, 0.717) is 23.7 Å². The number of amides is 1. The van der Waals surface area contributed by atoms with Gasteiger partial charge in [0.1, 0.15) is 5.82 Å². The number of imidazole rings is 1. The molecule has 0 bridgehead atoms. The summed E-state index contributed by atoms with van der Waals surface area (Å²) in [7, 11) is 0. The van der Waals surface area contributed by atoms with E-state index in [4.69, 9.17) is 11.6 Å². The number of carbonyl (C=O) groups excluding carboxylic acids is 1. The monoisotopic (exact) mass is 313 g/mol. The van der Waals surface area contributed by atoms with Crippen LogP contribution in [-0.4, -0.2) is 22.0 Å². The van der Waals surface area contributed by atoms with E-state index in [9.17, 15) is 4.79 Å². The van der Waals surface area contributed by atoms with Crippen LogP contribution in [0.25, 0.3) is 11.0 Å². The molecule has 0 aliphatic heterocycles. The van der Waals surface area contributed by atoms with Gasteiger partial charge in [0, 0.05) is 23.7 Å². The first-order valence-corrected chi connectivity index (χ1v) is 7.48. The fraction of sp³-hybridized carbons (Fsp3) is 0.176. The zero-order valence-corrected chi connectivity index (χ0v) is 13.0. The molecule has 3 rings (SSSR count). The summed E-state index contributed by atoms with van der Waals surface area (Å²) < 4.78 is 2.10. The molecular formula is C17H16ClN3O. The zero-order valence-electron chi connectivity index (χ0n) is 12.2. The molecule has 0 saturated carbocycles. The van der Waals surface area contributed by atoms with Crippen molar-refractivity contribution in [3.63, 3.8) is 0 Å². The zero-order chi connectivity index (χ0) is 15.5. The maximum atomic E-state index is 12.1. The van der Waals surface area contributed by atoms with E-state index >= 15 is 0 Å². The number of aryl methyl sites for hydroxylation is 1. The number of hydrogen-bond donors (Lipinski definition) is 1. The van der Waals surface area contributed by atoms with Gasteiger partial charge >= 0.3 is 0 Å². The number of aromatic nitrogens is 2. The van der Waals surface area contributed by atoms with Gasteiger partial charge < -0.3 is 9.88 Å². The summed E-state index contributed by atoms with van der Waals surface area (Å²) in [6, 6.07) is 14.9. The lowest BCUT2D eigenvalue weighted by atomic mass is 10.2. The molecule has 4 nitrogen and oxygen atoms in total. The SMILES string of the molecule is Cc1nc2ccccc2n1CCNC(=O)c1cccc(Cl)c1. The summed E-state index contributed by atoms with van der Waals surface area (Å²) in [5, 5.41) is 3.47. The Balaban J connectivity index is 1.67. The number of nitrogens with zero attached hydrogens (tertiary/aromatic N) is 2. The Morgan fingerprint density at radius 3 is 2.86 bits per heavy atom. The summed E-state index contributed by atoms with van der Waals surface area (Å²) in [6.07, 6.45) is 0. The first kappa shape index (κ1) is 14.6. The maximum Gasteiger partial charge on any atom is 0.251 e. The molecule has 0 radical (unpaired) electrons. The molecule has 0 spiro atoms. The Bertz CT molecular complexity index is 826. The Morgan fingerprint density at radius 2 is 2.05 bits per heavy atom. The third-order valence-electron chi connectivity index (χ3n) is 3.55. The summed E-state index contributed by atoms with van der Waals surface area (Å²) >= 11 is 5.90. The van der Waals surface area contributed by atoms with Gasteiger partial charge in [0.2, 0.25) is 0 Å². The highest BCUT2D eigenvalue weighted by Gasteiger charge is 2.08. The van der Waals surface area contributed by atoms with Crippen molar-refractivity contribution in [2.45, 2.75) is 13.5 Å². The van der Waals surface area contributed by atoms with Crippen LogP contribution in [0.5, 0.6) is 0 Å². The lowest BCUT2D eigenvalue weighted by Crippen LogP contribution is -2.27. The summed E-state index contributed by atoms with van der Waals surface area (Å²) in [4.78, 5) is 16.6. The van der Waals surface area contributed by atoms with Crippen LogP contribution in [0, 0.1) is 6.92 Å². The van der Waals surface area contributed by atoms with E-state index in [0.717, 1.165) is 16.9 Å². The van der Waals surface area contributed by atoms with Gasteiger partial charge in [-0.1, -0.05) is 29.8 Å². The fourth-order valence-electron chi connectivity index (χ4n) is 2.49. The fourth-order valence-corrected chi connectivity index (χ4v) is 2.68. The second kappa shape index (κ2) is 6.20. The van der Waals surface area contributed by atoms with Gasteiger partial charge in [0.25, 0.3) is 5.91 Å². The minimum absolute atomic E-state index is 0.121. The molecule has 2 aromatic carbocycles. The van der Waals surface area contributed by atoms with Gasteiger partial charge in [-0.2, -0.15) is 0 Å². The average molecular weight is 314 g/mol. The van der Waals surface area contributed by atoms with E-state index < -0.39 is 0 Å². The number of fused-ring (bicyclic) bond motifs is 1. The predicted molar refractivity (Wildman–Crippen MR) is 88.3 cm³/mol. The minimum Gasteiger partial charge on any atom is -0.350 e. The van der Waals surface area contributed by atoms with Crippen LogP contribution in [0.15, 0.2) is 48.5 Å². The third-order valence-corrected chi connectivity index (χ3v) is 3.79. The molecule has 112 valence electrons. The lowest BCUT2D eigenvalue weighted by Gasteiger charge is -2.09. The Labute approximate surface area is 133 Å². The van der Waals surface area contributed by atoms with Crippen LogP contribution in [0.1, 0.15) is 16.2 Å². The molecule has 3 aromatic rings. The Hall–Kier alpha value is -2.33. The quantitative estimate of drug-likeness (QED) is 0.802. The number of benzene rings is 2. The van der Waals surface area contributed by atoms with Crippen LogP contribution in [-0.2, 0) is 6.54 Å². The number of rotatable bonds is 4. The van der Waals surface area contributed by atoms with Crippen molar-refractivity contribution >= 4 is 28.5 Å². The van der Waals surface area contributed by atoms with E-state index in [-0.39, 0.29) is 5.91 Å². The topological polar surface area (TPSA) is 46.9 Å². The molecule has 0 atom stereocenters. The molecule has 0 unspecified atom stereocenters. The lowest BCUT2D eigenvalue weighted by molar-refractivity contribution is 0.0952. The molecular weight excluding hydrogens is 298 g/mol. The van der Waals surface area contributed by atoms with Crippen molar-refractivity contribution in [1.29, 1.82) is 0 Å². The molecule has 0 saturated heterocycles. The second-order valence-corrected chi connectivity index (χ2v) is 5.50. The normalized spacial score (nSPS) is 10.8. The van der Waals surface area contributed by atoms with E-state index in [1.165, 1.54) is 0 Å². The largest absolute Gasteiger partial charge is 0.350 e.